The average Bonchev–Trinajstić information content (AvgIpc) is 1.66. The Kier molecular flexibility index (Phi) is 14.3. The molecule has 0 aromatic heterocycles. The van der Waals surface area contributed by atoms with Gasteiger partial charge in [-0.3, -0.25) is 4.79 Å². The Morgan fingerprint density at radius 1 is 1.78 bits per heavy atom. The summed E-state index contributed by atoms with van der Waals surface area (Å²) in [6, 6.07) is 0. The van der Waals surface area contributed by atoms with Crippen LogP contribution in [0.2, 0.25) is 0 Å². The van der Waals surface area contributed by atoms with E-state index < -0.39 is 5.97 Å². The SMILES string of the molecule is CC(=O)O.OCC[O][Zn]. The van der Waals surface area contributed by atoms with Crippen molar-refractivity contribution in [1.82, 2.24) is 0 Å². The fraction of sp³-hybridized carbons (Fsp3) is 0.750. The van der Waals surface area contributed by atoms with Crippen molar-refractivity contribution in [2.75, 3.05) is 13.2 Å². The second-order valence-electron chi connectivity index (χ2n) is 1.15. The van der Waals surface area contributed by atoms with E-state index in [1.807, 2.05) is 0 Å². The molecule has 51 valence electrons. The van der Waals surface area contributed by atoms with Gasteiger partial charge in [-0.1, -0.05) is 0 Å². The van der Waals surface area contributed by atoms with Crippen molar-refractivity contribution in [1.29, 1.82) is 0 Å². The van der Waals surface area contributed by atoms with Gasteiger partial charge in [0, 0.05) is 6.92 Å². The number of hydrogen-bond acceptors (Lipinski definition) is 3. The first-order chi connectivity index (χ1) is 4.15. The van der Waals surface area contributed by atoms with Gasteiger partial charge in [0.15, 0.2) is 0 Å². The minimum absolute atomic E-state index is 0.153. The van der Waals surface area contributed by atoms with Gasteiger partial charge in [-0.25, -0.2) is 0 Å². The van der Waals surface area contributed by atoms with E-state index in [1.54, 1.807) is 0 Å². The molecule has 5 heteroatoms. The molecule has 0 aliphatic rings. The predicted octanol–water partition coefficient (Wildman–Crippen LogP) is -0.452. The van der Waals surface area contributed by atoms with Crippen LogP contribution in [0.5, 0.6) is 0 Å². The van der Waals surface area contributed by atoms with Crippen LogP contribution in [0.1, 0.15) is 6.92 Å². The third-order valence-corrected chi connectivity index (χ3v) is 0.841. The van der Waals surface area contributed by atoms with Crippen LogP contribution in [-0.4, -0.2) is 29.4 Å². The van der Waals surface area contributed by atoms with Gasteiger partial charge in [0.05, 0.1) is 0 Å². The second-order valence-corrected chi connectivity index (χ2v) is 2.01. The third kappa shape index (κ3) is 71.5. The van der Waals surface area contributed by atoms with E-state index in [9.17, 15) is 0 Å². The summed E-state index contributed by atoms with van der Waals surface area (Å²) in [7, 11) is 0. The van der Waals surface area contributed by atoms with Crippen LogP contribution in [0.25, 0.3) is 0 Å². The van der Waals surface area contributed by atoms with E-state index in [4.69, 9.17) is 15.0 Å². The molecule has 0 aromatic carbocycles. The van der Waals surface area contributed by atoms with Gasteiger partial charge in [0.25, 0.3) is 5.97 Å². The normalized spacial score (nSPS) is 7.56. The van der Waals surface area contributed by atoms with Crippen LogP contribution >= 0.6 is 0 Å². The van der Waals surface area contributed by atoms with Crippen LogP contribution < -0.4 is 0 Å². The summed E-state index contributed by atoms with van der Waals surface area (Å²) in [5.41, 5.74) is 0. The van der Waals surface area contributed by atoms with E-state index in [0.29, 0.717) is 6.61 Å². The molecule has 0 saturated heterocycles. The van der Waals surface area contributed by atoms with Crippen molar-refractivity contribution in [3.05, 3.63) is 0 Å². The second kappa shape index (κ2) is 10.9. The summed E-state index contributed by atoms with van der Waals surface area (Å²) in [5, 5.41) is 15.4. The number of carboxylic acids is 1. The minimum atomic E-state index is -0.833. The van der Waals surface area contributed by atoms with Gasteiger partial charge in [0.2, 0.25) is 0 Å². The first kappa shape index (κ1) is 11.8. The molecule has 0 unspecified atom stereocenters. The van der Waals surface area contributed by atoms with E-state index in [-0.39, 0.29) is 6.61 Å². The molecule has 0 saturated carbocycles. The molecule has 4 nitrogen and oxygen atoms in total. The molecule has 0 atom stereocenters. The van der Waals surface area contributed by atoms with Gasteiger partial charge >= 0.3 is 40.5 Å². The Morgan fingerprint density at radius 3 is 2.11 bits per heavy atom. The number of carbonyl (C=O) groups is 1. The van der Waals surface area contributed by atoms with Gasteiger partial charge in [-0.2, -0.15) is 0 Å². The van der Waals surface area contributed by atoms with Crippen LogP contribution in [-0.2, 0) is 27.0 Å². The fourth-order valence-corrected chi connectivity index (χ4v) is 0.335. The van der Waals surface area contributed by atoms with Crippen molar-refractivity contribution in [3.8, 4) is 0 Å². The Hall–Kier alpha value is 0.0134. The van der Waals surface area contributed by atoms with Gasteiger partial charge in [0.1, 0.15) is 0 Å². The molecular weight excluding hydrogens is 177 g/mol. The Balaban J connectivity index is 0. The van der Waals surface area contributed by atoms with E-state index in [1.165, 1.54) is 0 Å². The summed E-state index contributed by atoms with van der Waals surface area (Å²) < 4.78 is 4.57. The number of hydrogen-bond donors (Lipinski definition) is 2. The van der Waals surface area contributed by atoms with E-state index in [0.717, 1.165) is 25.6 Å². The maximum atomic E-state index is 9.00. The molecule has 0 radical (unpaired) electrons. The molecule has 0 bridgehead atoms. The molecule has 0 amide bonds. The molecule has 0 aliphatic heterocycles. The molecule has 0 fully saturated rings. The molecule has 0 aromatic rings. The monoisotopic (exact) mass is 185 g/mol. The first-order valence-corrected chi connectivity index (χ1v) is 3.53. The Bertz CT molecular complexity index is 59.6. The van der Waals surface area contributed by atoms with Crippen molar-refractivity contribution >= 4 is 5.97 Å². The summed E-state index contributed by atoms with van der Waals surface area (Å²) in [6.07, 6.45) is 0. The zero-order valence-electron chi connectivity index (χ0n) is 5.33. The van der Waals surface area contributed by atoms with Crippen molar-refractivity contribution in [2.45, 2.75) is 6.92 Å². The molecule has 0 rings (SSSR count). The predicted molar refractivity (Wildman–Crippen MR) is 26.3 cm³/mol. The summed E-state index contributed by atoms with van der Waals surface area (Å²) in [4.78, 5) is 9.00. The van der Waals surface area contributed by atoms with Crippen LogP contribution in [0.4, 0.5) is 0 Å². The summed E-state index contributed by atoms with van der Waals surface area (Å²) >= 11 is 0.820. The topological polar surface area (TPSA) is 66.8 Å². The standard InChI is InChI=1S/C2H4O2.C2H5O2.Zn/c1-2(3)4;3-1-2-4;/h1H3,(H,3,4);3H,1-2H2;/q;-1;+1. The van der Waals surface area contributed by atoms with E-state index in [2.05, 4.69) is 3.56 Å². The van der Waals surface area contributed by atoms with Gasteiger partial charge in [-0.05, 0) is 0 Å². The number of carboxylic acid groups (broad SMARTS) is 1. The molecule has 0 aliphatic carbocycles. The zero-order chi connectivity index (χ0) is 7.70. The number of aliphatic hydroxyl groups is 1. The molecule has 0 spiro atoms. The van der Waals surface area contributed by atoms with Crippen LogP contribution in [0.3, 0.4) is 0 Å². The number of rotatable bonds is 2. The van der Waals surface area contributed by atoms with Crippen LogP contribution in [0, 0.1) is 0 Å². The molecule has 0 heterocycles. The van der Waals surface area contributed by atoms with Crippen molar-refractivity contribution < 1.29 is 37.2 Å². The molecular formula is C4H9O4Zn. The average molecular weight is 187 g/mol. The Labute approximate surface area is 63.9 Å². The summed E-state index contributed by atoms with van der Waals surface area (Å²) in [5.74, 6) is -0.833. The van der Waals surface area contributed by atoms with Gasteiger partial charge in [-0.15, -0.1) is 0 Å². The Morgan fingerprint density at radius 2 is 2.11 bits per heavy atom. The number of aliphatic carboxylic acids is 1. The zero-order valence-corrected chi connectivity index (χ0v) is 8.30. The third-order valence-electron chi connectivity index (χ3n) is 0.236. The van der Waals surface area contributed by atoms with E-state index >= 15 is 0 Å². The number of aliphatic hydroxyl groups excluding tert-OH is 1. The molecule has 9 heavy (non-hydrogen) atoms. The quantitative estimate of drug-likeness (QED) is 0.573. The van der Waals surface area contributed by atoms with Gasteiger partial charge < -0.3 is 5.11 Å². The molecule has 2 N–H and O–H groups in total. The fourth-order valence-electron chi connectivity index (χ4n) is 0.0645. The van der Waals surface area contributed by atoms with Crippen LogP contribution in [0.15, 0.2) is 0 Å². The summed E-state index contributed by atoms with van der Waals surface area (Å²) in [6.45, 7) is 1.74. The van der Waals surface area contributed by atoms with Crippen molar-refractivity contribution in [3.63, 3.8) is 0 Å². The van der Waals surface area contributed by atoms with Crippen molar-refractivity contribution in [2.24, 2.45) is 0 Å². The maximum absolute atomic E-state index is 9.00. The first-order valence-electron chi connectivity index (χ1n) is 2.32.